The lowest BCUT2D eigenvalue weighted by molar-refractivity contribution is -0.148. The minimum atomic E-state index is -0.997. The van der Waals surface area contributed by atoms with Crippen LogP contribution in [0.4, 0.5) is 5.00 Å². The molecule has 0 unspecified atom stereocenters. The largest absolute Gasteiger partial charge is 0.493 e. The Kier molecular flexibility index (Phi) is 6.94. The molecule has 1 atom stereocenters. The van der Waals surface area contributed by atoms with E-state index in [0.29, 0.717) is 22.9 Å². The summed E-state index contributed by atoms with van der Waals surface area (Å²) in [6, 6.07) is 10.9. The molecule has 1 amide bonds. The Morgan fingerprint density at radius 3 is 2.85 bits per heavy atom. The number of hydrogen-bond acceptors (Lipinski definition) is 6. The van der Waals surface area contributed by atoms with Gasteiger partial charge in [-0.25, -0.2) is 4.79 Å². The van der Waals surface area contributed by atoms with E-state index in [9.17, 15) is 9.59 Å². The third-order valence-corrected chi connectivity index (χ3v) is 4.13. The molecular weight excluding hydrogens is 352 g/mol. The van der Waals surface area contributed by atoms with Gasteiger partial charge in [0.05, 0.1) is 12.2 Å². The highest BCUT2D eigenvalue weighted by atomic mass is 32.1. The maximum Gasteiger partial charge on any atom is 0.331 e. The molecule has 1 aromatic carbocycles. The number of rotatable bonds is 7. The molecule has 0 fully saturated rings. The van der Waals surface area contributed by atoms with E-state index in [-0.39, 0.29) is 0 Å². The number of esters is 1. The fourth-order valence-corrected chi connectivity index (χ4v) is 2.78. The monoisotopic (exact) mass is 370 g/mol. The number of nitriles is 1. The third kappa shape index (κ3) is 5.19. The van der Waals surface area contributed by atoms with Crippen molar-refractivity contribution in [3.05, 3.63) is 52.9 Å². The van der Waals surface area contributed by atoms with Gasteiger partial charge in [-0.1, -0.05) is 18.2 Å². The summed E-state index contributed by atoms with van der Waals surface area (Å²) in [6.45, 7) is 3.86. The van der Waals surface area contributed by atoms with E-state index in [0.717, 1.165) is 5.56 Å². The van der Waals surface area contributed by atoms with Gasteiger partial charge >= 0.3 is 5.97 Å². The average Bonchev–Trinajstić information content (AvgIpc) is 3.08. The molecule has 1 heterocycles. The topological polar surface area (TPSA) is 88.4 Å². The number of amides is 1. The number of carbonyl (C=O) groups is 2. The molecule has 1 N–H and O–H groups in total. The first kappa shape index (κ1) is 19.2. The molecule has 0 aliphatic heterocycles. The van der Waals surface area contributed by atoms with Crippen LogP contribution in [-0.4, -0.2) is 24.6 Å². The fraction of sp³-hybridized carbons (Fsp3) is 0.211. The lowest BCUT2D eigenvalue weighted by Crippen LogP contribution is -2.29. The third-order valence-electron chi connectivity index (χ3n) is 3.30. The normalized spacial score (nSPS) is 11.6. The molecule has 134 valence electrons. The number of carbonyl (C=O) groups excluding carboxylic acids is 2. The van der Waals surface area contributed by atoms with Crippen LogP contribution < -0.4 is 10.1 Å². The summed E-state index contributed by atoms with van der Waals surface area (Å²) in [5.41, 5.74) is 1.11. The van der Waals surface area contributed by atoms with Crippen molar-refractivity contribution < 1.29 is 19.1 Å². The Balaban J connectivity index is 1.94. The molecule has 0 spiro atoms. The SMILES string of the molecule is CCOc1ccccc1/C=C/C(=O)O[C@@H](C)C(=O)Nc1sccc1C#N. The van der Waals surface area contributed by atoms with Gasteiger partial charge in [0.2, 0.25) is 0 Å². The van der Waals surface area contributed by atoms with Crippen molar-refractivity contribution in [3.63, 3.8) is 0 Å². The van der Waals surface area contributed by atoms with E-state index in [1.165, 1.54) is 24.3 Å². The van der Waals surface area contributed by atoms with Gasteiger partial charge < -0.3 is 14.8 Å². The van der Waals surface area contributed by atoms with Crippen LogP contribution in [0.3, 0.4) is 0 Å². The Hall–Kier alpha value is -3.11. The van der Waals surface area contributed by atoms with Crippen LogP contribution in [0.25, 0.3) is 6.08 Å². The number of nitrogens with zero attached hydrogens (tertiary/aromatic N) is 1. The van der Waals surface area contributed by atoms with Crippen LogP contribution in [0.1, 0.15) is 25.0 Å². The lowest BCUT2D eigenvalue weighted by Gasteiger charge is -2.11. The van der Waals surface area contributed by atoms with Crippen LogP contribution in [-0.2, 0) is 14.3 Å². The van der Waals surface area contributed by atoms with Crippen molar-refractivity contribution in [2.75, 3.05) is 11.9 Å². The average molecular weight is 370 g/mol. The summed E-state index contributed by atoms with van der Waals surface area (Å²) in [4.78, 5) is 24.0. The Morgan fingerprint density at radius 1 is 1.35 bits per heavy atom. The minimum Gasteiger partial charge on any atom is -0.493 e. The standard InChI is InChI=1S/C19H18N2O4S/c1-3-24-16-7-5-4-6-14(16)8-9-17(22)25-13(2)18(23)21-19-15(12-20)10-11-26-19/h4-11,13H,3H2,1-2H3,(H,21,23)/b9-8+/t13-/m0/s1. The number of benzene rings is 1. The van der Waals surface area contributed by atoms with Gasteiger partial charge in [-0.3, -0.25) is 4.79 Å². The molecule has 2 aromatic rings. The lowest BCUT2D eigenvalue weighted by atomic mass is 10.2. The molecule has 0 bridgehead atoms. The Bertz CT molecular complexity index is 851. The second-order valence-electron chi connectivity index (χ2n) is 5.15. The van der Waals surface area contributed by atoms with E-state index >= 15 is 0 Å². The summed E-state index contributed by atoms with van der Waals surface area (Å²) >= 11 is 1.23. The highest BCUT2D eigenvalue weighted by Crippen LogP contribution is 2.22. The van der Waals surface area contributed by atoms with Gasteiger partial charge in [0.25, 0.3) is 5.91 Å². The van der Waals surface area contributed by atoms with E-state index < -0.39 is 18.0 Å². The summed E-state index contributed by atoms with van der Waals surface area (Å²) in [5.74, 6) is -0.488. The number of para-hydroxylation sites is 1. The Morgan fingerprint density at radius 2 is 2.12 bits per heavy atom. The van der Waals surface area contributed by atoms with E-state index in [1.807, 2.05) is 31.2 Å². The highest BCUT2D eigenvalue weighted by molar-refractivity contribution is 7.14. The molecule has 7 heteroatoms. The van der Waals surface area contributed by atoms with Crippen molar-refractivity contribution in [2.45, 2.75) is 20.0 Å². The van der Waals surface area contributed by atoms with E-state index in [2.05, 4.69) is 5.32 Å². The van der Waals surface area contributed by atoms with Crippen LogP contribution >= 0.6 is 11.3 Å². The summed E-state index contributed by atoms with van der Waals surface area (Å²) in [7, 11) is 0. The maximum atomic E-state index is 12.1. The second kappa shape index (κ2) is 9.39. The minimum absolute atomic E-state index is 0.370. The molecule has 0 aliphatic rings. The number of thiophene rings is 1. The quantitative estimate of drug-likeness (QED) is 0.594. The van der Waals surface area contributed by atoms with Crippen molar-refractivity contribution >= 4 is 34.3 Å². The molecular formula is C19H18N2O4S. The molecule has 0 radical (unpaired) electrons. The number of ether oxygens (including phenoxy) is 2. The molecule has 6 nitrogen and oxygen atoms in total. The zero-order chi connectivity index (χ0) is 18.9. The van der Waals surface area contributed by atoms with Gasteiger partial charge in [-0.05, 0) is 37.4 Å². The van der Waals surface area contributed by atoms with Gasteiger partial charge in [-0.2, -0.15) is 5.26 Å². The van der Waals surface area contributed by atoms with E-state index in [1.54, 1.807) is 23.6 Å². The van der Waals surface area contributed by atoms with Crippen molar-refractivity contribution in [1.29, 1.82) is 5.26 Å². The summed E-state index contributed by atoms with van der Waals surface area (Å²) in [5, 5.41) is 13.7. The van der Waals surface area contributed by atoms with E-state index in [4.69, 9.17) is 14.7 Å². The smallest absolute Gasteiger partial charge is 0.331 e. The Labute approximate surface area is 155 Å². The first-order valence-corrected chi connectivity index (χ1v) is 8.82. The van der Waals surface area contributed by atoms with Gasteiger partial charge in [0.1, 0.15) is 16.8 Å². The van der Waals surface area contributed by atoms with Crippen molar-refractivity contribution in [2.24, 2.45) is 0 Å². The van der Waals surface area contributed by atoms with Crippen LogP contribution in [0.2, 0.25) is 0 Å². The molecule has 0 aliphatic carbocycles. The van der Waals surface area contributed by atoms with Crippen LogP contribution in [0.5, 0.6) is 5.75 Å². The second-order valence-corrected chi connectivity index (χ2v) is 6.06. The first-order chi connectivity index (χ1) is 12.5. The highest BCUT2D eigenvalue weighted by Gasteiger charge is 2.18. The molecule has 1 aromatic heterocycles. The van der Waals surface area contributed by atoms with Gasteiger partial charge in [-0.15, -0.1) is 11.3 Å². The van der Waals surface area contributed by atoms with Gasteiger partial charge in [0, 0.05) is 11.6 Å². The summed E-state index contributed by atoms with van der Waals surface area (Å²) < 4.78 is 10.6. The molecule has 0 saturated heterocycles. The molecule has 0 saturated carbocycles. The predicted molar refractivity (Wildman–Crippen MR) is 99.9 cm³/mol. The fourth-order valence-electron chi connectivity index (χ4n) is 2.04. The maximum absolute atomic E-state index is 12.1. The predicted octanol–water partition coefficient (Wildman–Crippen LogP) is 3.60. The first-order valence-electron chi connectivity index (χ1n) is 7.94. The molecule has 26 heavy (non-hydrogen) atoms. The molecule has 2 rings (SSSR count). The zero-order valence-electron chi connectivity index (χ0n) is 14.4. The van der Waals surface area contributed by atoms with Gasteiger partial charge in [0.15, 0.2) is 6.10 Å². The van der Waals surface area contributed by atoms with Crippen LogP contribution in [0.15, 0.2) is 41.8 Å². The van der Waals surface area contributed by atoms with Crippen LogP contribution in [0, 0.1) is 11.3 Å². The van der Waals surface area contributed by atoms with Crippen molar-refractivity contribution in [3.8, 4) is 11.8 Å². The summed E-state index contributed by atoms with van der Waals surface area (Å²) in [6.07, 6.45) is 1.82. The number of anilines is 1. The number of hydrogen-bond donors (Lipinski definition) is 1. The van der Waals surface area contributed by atoms with Crippen molar-refractivity contribution in [1.82, 2.24) is 0 Å². The number of nitrogens with one attached hydrogen (secondary N) is 1. The zero-order valence-corrected chi connectivity index (χ0v) is 15.2.